The lowest BCUT2D eigenvalue weighted by atomic mass is 9.53. The highest BCUT2D eigenvalue weighted by atomic mass is 32.1. The standard InChI is InChI=1S/C32H30F3N5O4S/c33-32(34,35)22-7-5-18(6-8-22)15-39(26(41)16-40-29(43)23-3-1-2-4-24(23)30(40)44)27(25-17-45-38-37-25)28(42)36-31-12-19-9-20(13-31)11-21(10-19)14-31/h1-8,17,19-21,27H,9-16H2,(H,36,42). The minimum absolute atomic E-state index is 0.171. The zero-order chi connectivity index (χ0) is 31.5. The Balaban J connectivity index is 1.22. The third kappa shape index (κ3) is 5.51. The summed E-state index contributed by atoms with van der Waals surface area (Å²) in [5.74, 6) is -0.860. The van der Waals surface area contributed by atoms with Gasteiger partial charge in [-0.15, -0.1) is 5.10 Å². The van der Waals surface area contributed by atoms with E-state index in [9.17, 15) is 32.3 Å². The van der Waals surface area contributed by atoms with Gasteiger partial charge < -0.3 is 10.2 Å². The van der Waals surface area contributed by atoms with Crippen molar-refractivity contribution in [1.82, 2.24) is 24.7 Å². The maximum Gasteiger partial charge on any atom is 0.416 e. The van der Waals surface area contributed by atoms with Crippen LogP contribution >= 0.6 is 11.5 Å². The van der Waals surface area contributed by atoms with E-state index in [4.69, 9.17) is 0 Å². The van der Waals surface area contributed by atoms with Crippen molar-refractivity contribution >= 4 is 35.2 Å². The molecule has 45 heavy (non-hydrogen) atoms. The molecule has 13 heteroatoms. The average Bonchev–Trinajstić information content (AvgIpc) is 3.59. The molecule has 3 aromatic rings. The Kier molecular flexibility index (Phi) is 7.25. The molecule has 4 saturated carbocycles. The minimum atomic E-state index is -4.55. The quantitative estimate of drug-likeness (QED) is 0.348. The molecule has 1 unspecified atom stereocenters. The van der Waals surface area contributed by atoms with Crippen LogP contribution in [0.2, 0.25) is 0 Å². The van der Waals surface area contributed by atoms with Crippen LogP contribution in [0.1, 0.15) is 82.1 Å². The summed E-state index contributed by atoms with van der Waals surface area (Å²) >= 11 is 0.998. The molecule has 9 nitrogen and oxygen atoms in total. The van der Waals surface area contributed by atoms with E-state index in [2.05, 4.69) is 14.9 Å². The molecule has 4 fully saturated rings. The number of aromatic nitrogens is 2. The van der Waals surface area contributed by atoms with E-state index in [0.29, 0.717) is 23.3 Å². The number of imide groups is 1. The number of carbonyl (C=O) groups is 4. The molecule has 5 aliphatic rings. The van der Waals surface area contributed by atoms with Crippen LogP contribution in [0.5, 0.6) is 0 Å². The average molecular weight is 638 g/mol. The molecule has 2 aromatic carbocycles. The van der Waals surface area contributed by atoms with Gasteiger partial charge in [-0.25, -0.2) is 0 Å². The second-order valence-electron chi connectivity index (χ2n) is 12.9. The number of halogens is 3. The van der Waals surface area contributed by atoms with Crippen LogP contribution in [-0.4, -0.2) is 55.1 Å². The van der Waals surface area contributed by atoms with Crippen molar-refractivity contribution in [3.8, 4) is 0 Å². The zero-order valence-electron chi connectivity index (χ0n) is 24.1. The van der Waals surface area contributed by atoms with Gasteiger partial charge in [-0.3, -0.25) is 24.1 Å². The Labute approximate surface area is 260 Å². The van der Waals surface area contributed by atoms with Crippen molar-refractivity contribution in [2.75, 3.05) is 6.54 Å². The molecule has 0 radical (unpaired) electrons. The smallest absolute Gasteiger partial charge is 0.348 e. The van der Waals surface area contributed by atoms with Crippen LogP contribution in [-0.2, 0) is 22.3 Å². The first kappa shape index (κ1) is 29.6. The van der Waals surface area contributed by atoms with Crippen LogP contribution in [0.3, 0.4) is 0 Å². The molecule has 1 N–H and O–H groups in total. The van der Waals surface area contributed by atoms with Crippen molar-refractivity contribution < 1.29 is 32.3 Å². The summed E-state index contributed by atoms with van der Waals surface area (Å²) in [5, 5.41) is 8.99. The second-order valence-corrected chi connectivity index (χ2v) is 13.5. The van der Waals surface area contributed by atoms with E-state index >= 15 is 0 Å². The monoisotopic (exact) mass is 637 g/mol. The van der Waals surface area contributed by atoms with Crippen LogP contribution in [0, 0.1) is 17.8 Å². The van der Waals surface area contributed by atoms with Gasteiger partial charge >= 0.3 is 6.18 Å². The number of hydrogen-bond donors (Lipinski definition) is 1. The van der Waals surface area contributed by atoms with Crippen LogP contribution in [0.25, 0.3) is 0 Å². The Morgan fingerprint density at radius 2 is 1.53 bits per heavy atom. The molecule has 1 atom stereocenters. The van der Waals surface area contributed by atoms with E-state index in [1.165, 1.54) is 29.2 Å². The van der Waals surface area contributed by atoms with E-state index < -0.39 is 53.5 Å². The van der Waals surface area contributed by atoms with Crippen LogP contribution in [0.15, 0.2) is 53.9 Å². The number of nitrogens with zero attached hydrogens (tertiary/aromatic N) is 4. The van der Waals surface area contributed by atoms with Crippen LogP contribution in [0.4, 0.5) is 13.2 Å². The number of alkyl halides is 3. The number of carbonyl (C=O) groups excluding carboxylic acids is 4. The fraction of sp³-hybridized carbons (Fsp3) is 0.438. The lowest BCUT2D eigenvalue weighted by molar-refractivity contribution is -0.144. The molecule has 1 aromatic heterocycles. The molecule has 4 amide bonds. The first-order valence-electron chi connectivity index (χ1n) is 15.0. The Morgan fingerprint density at radius 1 is 0.956 bits per heavy atom. The van der Waals surface area contributed by atoms with Gasteiger partial charge in [0.2, 0.25) is 11.8 Å². The van der Waals surface area contributed by atoms with E-state index in [1.54, 1.807) is 17.5 Å². The number of amides is 4. The molecule has 0 saturated heterocycles. The topological polar surface area (TPSA) is 113 Å². The molecule has 8 rings (SSSR count). The fourth-order valence-electron chi connectivity index (χ4n) is 8.25. The Hall–Kier alpha value is -4.13. The molecule has 234 valence electrons. The summed E-state index contributed by atoms with van der Waals surface area (Å²) in [5.41, 5.74) is -0.387. The highest BCUT2D eigenvalue weighted by Gasteiger charge is 2.52. The van der Waals surface area contributed by atoms with Crippen LogP contribution < -0.4 is 5.32 Å². The van der Waals surface area contributed by atoms with Gasteiger partial charge in [0.05, 0.1) is 16.7 Å². The number of fused-ring (bicyclic) bond motifs is 1. The summed E-state index contributed by atoms with van der Waals surface area (Å²) in [4.78, 5) is 56.8. The van der Waals surface area contributed by atoms with E-state index in [0.717, 1.165) is 67.1 Å². The highest BCUT2D eigenvalue weighted by Crippen LogP contribution is 2.55. The minimum Gasteiger partial charge on any atom is -0.348 e. The molecule has 2 heterocycles. The predicted octanol–water partition coefficient (Wildman–Crippen LogP) is 5.01. The lowest BCUT2D eigenvalue weighted by Crippen LogP contribution is -2.61. The molecule has 0 spiro atoms. The lowest BCUT2D eigenvalue weighted by Gasteiger charge is -2.57. The highest BCUT2D eigenvalue weighted by molar-refractivity contribution is 7.03. The largest absolute Gasteiger partial charge is 0.416 e. The SMILES string of the molecule is O=C(NC12CC3CC(CC(C3)C1)C2)C(c1csnn1)N(Cc1ccc(C(F)(F)F)cc1)C(=O)CN1C(=O)c2ccccc2C1=O. The summed E-state index contributed by atoms with van der Waals surface area (Å²) < 4.78 is 43.8. The Morgan fingerprint density at radius 3 is 2.04 bits per heavy atom. The molecule has 1 aliphatic heterocycles. The molecule has 4 aliphatic carbocycles. The third-order valence-corrected chi connectivity index (χ3v) is 10.3. The normalized spacial score (nSPS) is 25.8. The van der Waals surface area contributed by atoms with Gasteiger partial charge in [0, 0.05) is 17.5 Å². The molecular weight excluding hydrogens is 607 g/mol. The summed E-state index contributed by atoms with van der Waals surface area (Å²) in [7, 11) is 0. The first-order valence-corrected chi connectivity index (χ1v) is 15.8. The van der Waals surface area contributed by atoms with Gasteiger partial charge in [-0.2, -0.15) is 13.2 Å². The number of nitrogens with one attached hydrogen (secondary N) is 1. The maximum absolute atomic E-state index is 14.3. The second kappa shape index (κ2) is 11.0. The van der Waals surface area contributed by atoms with Gasteiger partial charge in [0.15, 0.2) is 6.04 Å². The number of rotatable bonds is 8. The van der Waals surface area contributed by atoms with Gasteiger partial charge in [-0.1, -0.05) is 28.8 Å². The van der Waals surface area contributed by atoms with Crippen molar-refractivity contribution in [3.05, 3.63) is 81.9 Å². The zero-order valence-corrected chi connectivity index (χ0v) is 24.9. The van der Waals surface area contributed by atoms with E-state index in [1.807, 2.05) is 0 Å². The predicted molar refractivity (Wildman–Crippen MR) is 155 cm³/mol. The molecule has 4 bridgehead atoms. The van der Waals surface area contributed by atoms with Crippen molar-refractivity contribution in [1.29, 1.82) is 0 Å². The summed E-state index contributed by atoms with van der Waals surface area (Å²) in [6, 6.07) is 9.27. The Bertz CT molecular complexity index is 1590. The van der Waals surface area contributed by atoms with Gasteiger partial charge in [0.25, 0.3) is 11.8 Å². The molecular formula is C32H30F3N5O4S. The number of hydrogen-bond acceptors (Lipinski definition) is 7. The first-order chi connectivity index (χ1) is 21.5. The van der Waals surface area contributed by atoms with E-state index in [-0.39, 0.29) is 23.4 Å². The van der Waals surface area contributed by atoms with Gasteiger partial charge in [0.1, 0.15) is 12.2 Å². The van der Waals surface area contributed by atoms with Gasteiger partial charge in [-0.05, 0) is 97.6 Å². The van der Waals surface area contributed by atoms with Crippen molar-refractivity contribution in [2.24, 2.45) is 17.8 Å². The van der Waals surface area contributed by atoms with Crippen molar-refractivity contribution in [3.63, 3.8) is 0 Å². The third-order valence-electron chi connectivity index (χ3n) is 9.77. The maximum atomic E-state index is 14.3. The summed E-state index contributed by atoms with van der Waals surface area (Å²) in [6.45, 7) is -0.928. The summed E-state index contributed by atoms with van der Waals surface area (Å²) in [6.07, 6.45) is 1.50. The number of benzene rings is 2. The fourth-order valence-corrected chi connectivity index (χ4v) is 8.72. The van der Waals surface area contributed by atoms with Crippen molar-refractivity contribution in [2.45, 2.75) is 62.8 Å².